The van der Waals surface area contributed by atoms with E-state index >= 15 is 0 Å². The van der Waals surface area contributed by atoms with Crippen LogP contribution in [0.15, 0.2) is 35.2 Å². The maximum atomic E-state index is 12.9. The summed E-state index contributed by atoms with van der Waals surface area (Å²) in [5, 5.41) is 2.72. The largest absolute Gasteiger partial charge is 0.382 e. The summed E-state index contributed by atoms with van der Waals surface area (Å²) in [4.78, 5) is 12.9. The Labute approximate surface area is 146 Å². The Morgan fingerprint density at radius 2 is 1.92 bits per heavy atom. The molecule has 0 spiro atoms. The second-order valence-electron chi connectivity index (χ2n) is 5.96. The van der Waals surface area contributed by atoms with Crippen LogP contribution in [0.1, 0.15) is 40.5 Å². The molecule has 24 heavy (non-hydrogen) atoms. The van der Waals surface area contributed by atoms with Gasteiger partial charge in [0.05, 0.1) is 5.82 Å². The molecule has 0 fully saturated rings. The number of hydrogen-bond donors (Lipinski definition) is 1. The summed E-state index contributed by atoms with van der Waals surface area (Å²) in [6.07, 6.45) is 5.48. The van der Waals surface area contributed by atoms with Gasteiger partial charge in [0, 0.05) is 26.2 Å². The van der Waals surface area contributed by atoms with Gasteiger partial charge in [0.25, 0.3) is 6.43 Å². The summed E-state index contributed by atoms with van der Waals surface area (Å²) in [6, 6.07) is 0. The highest BCUT2D eigenvalue weighted by Gasteiger charge is 2.46. The fourth-order valence-electron chi connectivity index (χ4n) is 2.35. The molecule has 138 valence electrons. The summed E-state index contributed by atoms with van der Waals surface area (Å²) in [5.74, 6) is 1.94. The first-order valence-electron chi connectivity index (χ1n) is 8.31. The van der Waals surface area contributed by atoms with Gasteiger partial charge >= 0.3 is 5.65 Å². The number of alkyl halides is 2. The van der Waals surface area contributed by atoms with Crippen LogP contribution in [0.25, 0.3) is 0 Å². The van der Waals surface area contributed by atoms with Crippen molar-refractivity contribution >= 4 is 13.1 Å². The van der Waals surface area contributed by atoms with Gasteiger partial charge in [-0.1, -0.05) is 31.1 Å². The Balaban J connectivity index is 5.39. The number of carbonyl (C=O) groups is 1. The lowest BCUT2D eigenvalue weighted by atomic mass is 10.2. The van der Waals surface area contributed by atoms with Crippen LogP contribution in [-0.2, 0) is 0 Å². The van der Waals surface area contributed by atoms with Crippen LogP contribution in [0, 0.1) is 0 Å². The van der Waals surface area contributed by atoms with Crippen LogP contribution in [0.5, 0.6) is 0 Å². The van der Waals surface area contributed by atoms with E-state index in [1.165, 1.54) is 11.6 Å². The predicted molar refractivity (Wildman–Crippen MR) is 102 cm³/mol. The zero-order valence-corrected chi connectivity index (χ0v) is 16.7. The second-order valence-corrected chi connectivity index (χ2v) is 9.49. The molecule has 0 bridgehead atoms. The molecule has 0 aliphatic carbocycles. The molecule has 0 aromatic heterocycles. The van der Waals surface area contributed by atoms with E-state index in [2.05, 4.69) is 25.2 Å². The lowest BCUT2D eigenvalue weighted by Gasteiger charge is -2.26. The fraction of sp³-hybridized carbons (Fsp3) is 0.611. The molecule has 3 nitrogen and oxygen atoms in total. The predicted octanol–water partition coefficient (Wildman–Crippen LogP) is 5.68. The summed E-state index contributed by atoms with van der Waals surface area (Å²) >= 11 is 0. The van der Waals surface area contributed by atoms with Gasteiger partial charge in [0.2, 0.25) is 7.41 Å². The van der Waals surface area contributed by atoms with Crippen molar-refractivity contribution in [1.29, 1.82) is 0 Å². The highest BCUT2D eigenvalue weighted by atomic mass is 31.2. The third-order valence-electron chi connectivity index (χ3n) is 3.92. The van der Waals surface area contributed by atoms with E-state index < -0.39 is 13.8 Å². The van der Waals surface area contributed by atoms with Gasteiger partial charge in [-0.2, -0.15) is 4.67 Å². The van der Waals surface area contributed by atoms with Crippen molar-refractivity contribution < 1.29 is 13.6 Å². The molecule has 1 atom stereocenters. The number of amides is 1. The molecule has 0 saturated carbocycles. The number of nitrogens with zero attached hydrogens (tertiary/aromatic N) is 1. The zero-order chi connectivity index (χ0) is 18.8. The van der Waals surface area contributed by atoms with Crippen molar-refractivity contribution in [3.8, 4) is 0 Å². The molecule has 1 unspecified atom stereocenters. The molecule has 6 heteroatoms. The quantitative estimate of drug-likeness (QED) is 0.401. The number of allylic oxidation sites excluding steroid dienone is 4. The maximum Gasteiger partial charge on any atom is 0.382 e. The van der Waals surface area contributed by atoms with Gasteiger partial charge in [-0.25, -0.2) is 13.6 Å². The van der Waals surface area contributed by atoms with E-state index in [1.54, 1.807) is 6.92 Å². The molecule has 0 rings (SSSR count). The molecule has 0 aliphatic heterocycles. The second kappa shape index (κ2) is 11.5. The van der Waals surface area contributed by atoms with Gasteiger partial charge in [-0.05, 0) is 33.3 Å². The highest BCUT2D eigenvalue weighted by molar-refractivity contribution is 7.91. The molecule has 0 aromatic carbocycles. The smallest absolute Gasteiger partial charge is 0.317 e. The van der Waals surface area contributed by atoms with Crippen molar-refractivity contribution in [2.45, 2.75) is 47.0 Å². The van der Waals surface area contributed by atoms with E-state index in [0.29, 0.717) is 6.16 Å². The summed E-state index contributed by atoms with van der Waals surface area (Å²) in [7, 11) is 1.47. The van der Waals surface area contributed by atoms with Gasteiger partial charge < -0.3 is 5.32 Å². The van der Waals surface area contributed by atoms with Crippen molar-refractivity contribution in [2.24, 2.45) is 0 Å². The number of halogens is 2. The van der Waals surface area contributed by atoms with Crippen molar-refractivity contribution in [3.63, 3.8) is 0 Å². The maximum absolute atomic E-state index is 12.9. The lowest BCUT2D eigenvalue weighted by Crippen LogP contribution is -2.33. The van der Waals surface area contributed by atoms with E-state index in [1.807, 2.05) is 37.6 Å². The third-order valence-corrected chi connectivity index (χ3v) is 7.74. The third kappa shape index (κ3) is 6.82. The Kier molecular flexibility index (Phi) is 11.0. The summed E-state index contributed by atoms with van der Waals surface area (Å²) < 4.78 is 27.6. The molecule has 1 amide bonds. The van der Waals surface area contributed by atoms with Crippen molar-refractivity contribution in [1.82, 2.24) is 9.99 Å². The normalized spacial score (nSPS) is 16.1. The Morgan fingerprint density at radius 3 is 2.33 bits per heavy atom. The minimum Gasteiger partial charge on any atom is -0.317 e. The van der Waals surface area contributed by atoms with Crippen LogP contribution < -0.4 is 5.32 Å². The van der Waals surface area contributed by atoms with Crippen molar-refractivity contribution in [2.75, 3.05) is 26.8 Å². The Morgan fingerprint density at radius 1 is 1.29 bits per heavy atom. The SMILES string of the molecule is C/C=C\[P+](CC=C(C)CCC)(C(=O)NC/C(=C\C)C(F)F)N(C)C. The van der Waals surface area contributed by atoms with Gasteiger partial charge in [-0.15, -0.1) is 0 Å². The van der Waals surface area contributed by atoms with E-state index in [-0.39, 0.29) is 17.8 Å². The summed E-state index contributed by atoms with van der Waals surface area (Å²) in [5.41, 5.74) is 1.03. The topological polar surface area (TPSA) is 32.3 Å². The summed E-state index contributed by atoms with van der Waals surface area (Å²) in [6.45, 7) is 7.51. The molecule has 0 saturated heterocycles. The van der Waals surface area contributed by atoms with Gasteiger partial charge in [-0.3, -0.25) is 0 Å². The van der Waals surface area contributed by atoms with Gasteiger partial charge in [0.1, 0.15) is 6.16 Å². The number of nitrogens with one attached hydrogen (secondary N) is 1. The Bertz CT molecular complexity index is 487. The van der Waals surface area contributed by atoms with Crippen LogP contribution >= 0.6 is 7.41 Å². The molecule has 0 heterocycles. The first kappa shape index (κ1) is 22.9. The lowest BCUT2D eigenvalue weighted by molar-refractivity contribution is 0.186. The Hall–Kier alpha value is -1.06. The zero-order valence-electron chi connectivity index (χ0n) is 15.8. The minimum atomic E-state index is -2.55. The molecule has 0 radical (unpaired) electrons. The van der Waals surface area contributed by atoms with Crippen LogP contribution in [0.4, 0.5) is 13.6 Å². The molecule has 0 aromatic rings. The fourth-order valence-corrected chi connectivity index (χ4v) is 5.16. The first-order valence-corrected chi connectivity index (χ1v) is 10.3. The van der Waals surface area contributed by atoms with Crippen molar-refractivity contribution in [3.05, 3.63) is 35.2 Å². The first-order chi connectivity index (χ1) is 11.2. The molecular weight excluding hydrogens is 329 g/mol. The number of hydrogen-bond acceptors (Lipinski definition) is 2. The van der Waals surface area contributed by atoms with Gasteiger partial charge in [0.15, 0.2) is 0 Å². The van der Waals surface area contributed by atoms with Crippen LogP contribution in [0.3, 0.4) is 0 Å². The van der Waals surface area contributed by atoms with E-state index in [0.717, 1.165) is 12.8 Å². The average Bonchev–Trinajstić information content (AvgIpc) is 2.51. The van der Waals surface area contributed by atoms with E-state index in [9.17, 15) is 13.6 Å². The minimum absolute atomic E-state index is 0.0570. The van der Waals surface area contributed by atoms with Crippen LogP contribution in [0.2, 0.25) is 0 Å². The average molecular weight is 361 g/mol. The molecular formula is C18H32F2N2OP+. The van der Waals surface area contributed by atoms with E-state index in [4.69, 9.17) is 0 Å². The number of carbonyl (C=O) groups excluding carboxylic acids is 1. The van der Waals surface area contributed by atoms with Crippen LogP contribution in [-0.4, -0.2) is 43.5 Å². The molecule has 1 N–H and O–H groups in total. The highest BCUT2D eigenvalue weighted by Crippen LogP contribution is 2.62. The number of rotatable bonds is 10. The monoisotopic (exact) mass is 361 g/mol. The standard InChI is InChI=1S/C18H31F2N2OP/c1-7-10-15(4)11-13-24(12-8-2,22(5)6)18(23)21-14-16(9-3)17(19)20/h8-9,11-12,17H,7,10,13-14H2,1-6H3/p+1/b12-8-,15-11?,16-9+. The molecule has 0 aliphatic rings.